The molecule has 0 atom stereocenters. The molecule has 0 aliphatic rings. The van der Waals surface area contributed by atoms with Crippen LogP contribution in [0.5, 0.6) is 0 Å². The third-order valence-electron chi connectivity index (χ3n) is 3.30. The number of imidazole rings is 1. The Labute approximate surface area is 118 Å². The first-order chi connectivity index (χ1) is 9.06. The van der Waals surface area contributed by atoms with Crippen LogP contribution in [0, 0.1) is 19.7 Å². The lowest BCUT2D eigenvalue weighted by Crippen LogP contribution is -1.85. The maximum Gasteiger partial charge on any atom is 0.139 e. The molecule has 0 amide bonds. The van der Waals surface area contributed by atoms with Crippen LogP contribution in [0.2, 0.25) is 0 Å². The number of aromatic nitrogens is 2. The Hall–Kier alpha value is -1.68. The highest BCUT2D eigenvalue weighted by Gasteiger charge is 2.12. The molecule has 1 N–H and O–H groups in total. The third-order valence-corrected chi connectivity index (χ3v) is 4.11. The number of nitrogens with one attached hydrogen (secondary N) is 1. The average molecular weight is 319 g/mol. The maximum atomic E-state index is 13.6. The topological polar surface area (TPSA) is 28.7 Å². The van der Waals surface area contributed by atoms with Crippen molar-refractivity contribution in [2.24, 2.45) is 0 Å². The Bertz CT molecular complexity index is 738. The van der Waals surface area contributed by atoms with Crippen LogP contribution in [0.3, 0.4) is 0 Å². The van der Waals surface area contributed by atoms with Crippen molar-refractivity contribution < 1.29 is 4.39 Å². The highest BCUT2D eigenvalue weighted by molar-refractivity contribution is 9.10. The number of benzene rings is 2. The molecule has 0 fully saturated rings. The quantitative estimate of drug-likeness (QED) is 0.689. The van der Waals surface area contributed by atoms with Gasteiger partial charge in [-0.3, -0.25) is 0 Å². The SMILES string of the molecule is Cc1cc2nc(-c3cccc(F)c3Br)[nH]c2cc1C. The molecule has 2 nitrogen and oxygen atoms in total. The standard InChI is InChI=1S/C15H12BrFN2/c1-8-6-12-13(7-9(8)2)19-15(18-12)10-4-3-5-11(17)14(10)16/h3-7H,1-2H3,(H,18,19). The normalized spacial score (nSPS) is 11.2. The zero-order valence-corrected chi connectivity index (χ0v) is 12.2. The van der Waals surface area contributed by atoms with Gasteiger partial charge in [-0.25, -0.2) is 9.37 Å². The number of halogens is 2. The summed E-state index contributed by atoms with van der Waals surface area (Å²) in [5, 5.41) is 0. The molecule has 3 rings (SSSR count). The van der Waals surface area contributed by atoms with Crippen molar-refractivity contribution in [3.63, 3.8) is 0 Å². The van der Waals surface area contributed by atoms with E-state index in [1.165, 1.54) is 17.2 Å². The summed E-state index contributed by atoms with van der Waals surface area (Å²) in [7, 11) is 0. The summed E-state index contributed by atoms with van der Waals surface area (Å²) in [6, 6.07) is 9.04. The van der Waals surface area contributed by atoms with Crippen LogP contribution in [-0.4, -0.2) is 9.97 Å². The highest BCUT2D eigenvalue weighted by Crippen LogP contribution is 2.30. The van der Waals surface area contributed by atoms with Crippen molar-refractivity contribution >= 4 is 27.0 Å². The summed E-state index contributed by atoms with van der Waals surface area (Å²) in [5.74, 6) is 0.386. The molecule has 96 valence electrons. The predicted octanol–water partition coefficient (Wildman–Crippen LogP) is 4.75. The minimum Gasteiger partial charge on any atom is -0.338 e. The molecule has 0 unspecified atom stereocenters. The molecule has 1 aromatic heterocycles. The number of hydrogen-bond donors (Lipinski definition) is 1. The first-order valence-electron chi connectivity index (χ1n) is 5.97. The van der Waals surface area contributed by atoms with Gasteiger partial charge in [0.05, 0.1) is 15.5 Å². The van der Waals surface area contributed by atoms with Gasteiger partial charge in [-0.15, -0.1) is 0 Å². The van der Waals surface area contributed by atoms with Gasteiger partial charge in [-0.1, -0.05) is 6.07 Å². The number of fused-ring (bicyclic) bond motifs is 1. The van der Waals surface area contributed by atoms with Crippen molar-refractivity contribution in [1.29, 1.82) is 0 Å². The molecule has 0 radical (unpaired) electrons. The fourth-order valence-electron chi connectivity index (χ4n) is 2.08. The van der Waals surface area contributed by atoms with E-state index in [0.29, 0.717) is 10.3 Å². The van der Waals surface area contributed by atoms with Gasteiger partial charge >= 0.3 is 0 Å². The van der Waals surface area contributed by atoms with Crippen molar-refractivity contribution in [2.45, 2.75) is 13.8 Å². The zero-order valence-electron chi connectivity index (χ0n) is 10.6. The van der Waals surface area contributed by atoms with Crippen LogP contribution in [0.4, 0.5) is 4.39 Å². The second-order valence-corrected chi connectivity index (χ2v) is 5.43. The monoisotopic (exact) mass is 318 g/mol. The molecule has 3 aromatic rings. The second-order valence-electron chi connectivity index (χ2n) is 4.64. The molecule has 0 bridgehead atoms. The van der Waals surface area contributed by atoms with Gasteiger partial charge in [-0.2, -0.15) is 0 Å². The Morgan fingerprint density at radius 1 is 1.16 bits per heavy atom. The Morgan fingerprint density at radius 2 is 1.89 bits per heavy atom. The van der Waals surface area contributed by atoms with E-state index < -0.39 is 0 Å². The molecule has 0 saturated carbocycles. The van der Waals surface area contributed by atoms with E-state index in [-0.39, 0.29) is 5.82 Å². The summed E-state index contributed by atoms with van der Waals surface area (Å²) < 4.78 is 14.0. The molecule has 0 aliphatic carbocycles. The molecular formula is C15H12BrFN2. The number of nitrogens with zero attached hydrogens (tertiary/aromatic N) is 1. The van der Waals surface area contributed by atoms with Crippen LogP contribution in [0.15, 0.2) is 34.8 Å². The number of rotatable bonds is 1. The predicted molar refractivity (Wildman–Crippen MR) is 78.7 cm³/mol. The molecule has 0 saturated heterocycles. The zero-order chi connectivity index (χ0) is 13.6. The average Bonchev–Trinajstić information content (AvgIpc) is 2.76. The lowest BCUT2D eigenvalue weighted by molar-refractivity contribution is 0.621. The van der Waals surface area contributed by atoms with Crippen LogP contribution >= 0.6 is 15.9 Å². The van der Waals surface area contributed by atoms with E-state index in [0.717, 1.165) is 16.6 Å². The van der Waals surface area contributed by atoms with E-state index in [2.05, 4.69) is 45.8 Å². The Morgan fingerprint density at radius 3 is 2.68 bits per heavy atom. The smallest absolute Gasteiger partial charge is 0.139 e. The Balaban J connectivity index is 2.23. The highest BCUT2D eigenvalue weighted by atomic mass is 79.9. The lowest BCUT2D eigenvalue weighted by Gasteiger charge is -2.00. The van der Waals surface area contributed by atoms with Crippen LogP contribution < -0.4 is 0 Å². The third kappa shape index (κ3) is 2.06. The van der Waals surface area contributed by atoms with E-state index in [4.69, 9.17) is 0 Å². The summed E-state index contributed by atoms with van der Waals surface area (Å²) in [6.07, 6.45) is 0. The van der Waals surface area contributed by atoms with Gasteiger partial charge in [0.2, 0.25) is 0 Å². The number of hydrogen-bond acceptors (Lipinski definition) is 1. The van der Waals surface area contributed by atoms with Gasteiger partial charge in [0, 0.05) is 5.56 Å². The van der Waals surface area contributed by atoms with Crippen molar-refractivity contribution in [3.05, 3.63) is 51.7 Å². The van der Waals surface area contributed by atoms with Gasteiger partial charge in [-0.05, 0) is 65.2 Å². The van der Waals surface area contributed by atoms with Gasteiger partial charge < -0.3 is 4.98 Å². The number of aromatic amines is 1. The first kappa shape index (κ1) is 12.4. The molecule has 1 heterocycles. The van der Waals surface area contributed by atoms with E-state index in [1.807, 2.05) is 12.1 Å². The lowest BCUT2D eigenvalue weighted by atomic mass is 10.1. The van der Waals surface area contributed by atoms with Crippen molar-refractivity contribution in [2.75, 3.05) is 0 Å². The molecule has 4 heteroatoms. The second kappa shape index (κ2) is 4.46. The molecular weight excluding hydrogens is 307 g/mol. The molecule has 0 spiro atoms. The minimum atomic E-state index is -0.287. The molecule has 19 heavy (non-hydrogen) atoms. The van der Waals surface area contributed by atoms with Gasteiger partial charge in [0.25, 0.3) is 0 Å². The van der Waals surface area contributed by atoms with Crippen molar-refractivity contribution in [3.8, 4) is 11.4 Å². The summed E-state index contributed by atoms with van der Waals surface area (Å²) in [6.45, 7) is 4.12. The van der Waals surface area contributed by atoms with Crippen LogP contribution in [-0.2, 0) is 0 Å². The Kier molecular flexibility index (Phi) is 2.90. The van der Waals surface area contributed by atoms with E-state index in [1.54, 1.807) is 6.07 Å². The van der Waals surface area contributed by atoms with E-state index >= 15 is 0 Å². The van der Waals surface area contributed by atoms with Crippen LogP contribution in [0.1, 0.15) is 11.1 Å². The molecule has 0 aliphatic heterocycles. The summed E-state index contributed by atoms with van der Waals surface area (Å²) in [4.78, 5) is 7.77. The molecule has 2 aromatic carbocycles. The fraction of sp³-hybridized carbons (Fsp3) is 0.133. The number of H-pyrrole nitrogens is 1. The maximum absolute atomic E-state index is 13.6. The first-order valence-corrected chi connectivity index (χ1v) is 6.77. The van der Waals surface area contributed by atoms with Crippen LogP contribution in [0.25, 0.3) is 22.4 Å². The van der Waals surface area contributed by atoms with Gasteiger partial charge in [0.15, 0.2) is 0 Å². The minimum absolute atomic E-state index is 0.287. The fourth-order valence-corrected chi connectivity index (χ4v) is 2.54. The van der Waals surface area contributed by atoms with Crippen molar-refractivity contribution in [1.82, 2.24) is 9.97 Å². The van der Waals surface area contributed by atoms with Gasteiger partial charge in [0.1, 0.15) is 11.6 Å². The largest absolute Gasteiger partial charge is 0.338 e. The summed E-state index contributed by atoms with van der Waals surface area (Å²) in [5.41, 5.74) is 5.00. The van der Waals surface area contributed by atoms with E-state index in [9.17, 15) is 4.39 Å². The number of aryl methyl sites for hydroxylation is 2. The summed E-state index contributed by atoms with van der Waals surface area (Å²) >= 11 is 3.27.